The van der Waals surface area contributed by atoms with Crippen LogP contribution in [0.15, 0.2) is 105 Å². The van der Waals surface area contributed by atoms with E-state index in [1.54, 1.807) is 60.7 Å². The van der Waals surface area contributed by atoms with E-state index in [1.807, 2.05) is 6.07 Å². The van der Waals surface area contributed by atoms with E-state index in [9.17, 15) is 22.8 Å². The van der Waals surface area contributed by atoms with Gasteiger partial charge in [-0.2, -0.15) is 22.9 Å². The molecular weight excluding hydrogens is 629 g/mol. The number of fused-ring (bicyclic) bond motifs is 1. The molecule has 8 nitrogen and oxygen atoms in total. The predicted molar refractivity (Wildman–Crippen MR) is 161 cm³/mol. The fourth-order valence-electron chi connectivity index (χ4n) is 4.19. The molecule has 12 heteroatoms. The number of ether oxygens (including phenoxy) is 2. The molecule has 0 atom stereocenters. The zero-order valence-corrected chi connectivity index (χ0v) is 24.0. The molecule has 0 fully saturated rings. The summed E-state index contributed by atoms with van der Waals surface area (Å²) < 4.78 is 52.9. The van der Waals surface area contributed by atoms with Gasteiger partial charge in [-0.15, -0.1) is 0 Å². The number of nitrogens with one attached hydrogen (secondary N) is 1. The maximum absolute atomic E-state index is 13.5. The summed E-state index contributed by atoms with van der Waals surface area (Å²) in [6, 6.07) is 23.1. The van der Waals surface area contributed by atoms with Gasteiger partial charge in [0.15, 0.2) is 23.9 Å². The highest BCUT2D eigenvalue weighted by atomic mass is 79.9. The first-order valence-electron chi connectivity index (χ1n) is 12.7. The lowest BCUT2D eigenvalue weighted by molar-refractivity contribution is -0.137. The van der Waals surface area contributed by atoms with E-state index < -0.39 is 17.3 Å². The third-order valence-corrected chi connectivity index (χ3v) is 6.77. The Morgan fingerprint density at radius 3 is 2.51 bits per heavy atom. The first-order chi connectivity index (χ1) is 20.6. The summed E-state index contributed by atoms with van der Waals surface area (Å²) in [5.41, 5.74) is 0.00508. The number of nitrogens with zero attached hydrogens (tertiary/aromatic N) is 3. The monoisotopic (exact) mass is 650 g/mol. The Hall–Kier alpha value is -4.97. The molecule has 0 bridgehead atoms. The molecule has 0 aliphatic carbocycles. The van der Waals surface area contributed by atoms with Crippen LogP contribution in [-0.2, 0) is 11.0 Å². The molecule has 1 heterocycles. The number of anilines is 1. The van der Waals surface area contributed by atoms with Crippen molar-refractivity contribution in [2.75, 3.05) is 19.0 Å². The van der Waals surface area contributed by atoms with Crippen LogP contribution in [0.4, 0.5) is 18.9 Å². The van der Waals surface area contributed by atoms with Crippen molar-refractivity contribution < 1.29 is 27.4 Å². The number of hydrogen-bond donors (Lipinski definition) is 1. The summed E-state index contributed by atoms with van der Waals surface area (Å²) in [4.78, 5) is 30.3. The van der Waals surface area contributed by atoms with Gasteiger partial charge >= 0.3 is 6.18 Å². The van der Waals surface area contributed by atoms with Crippen LogP contribution in [0, 0.1) is 0 Å². The van der Waals surface area contributed by atoms with E-state index in [1.165, 1.54) is 25.5 Å². The highest BCUT2D eigenvalue weighted by molar-refractivity contribution is 9.10. The summed E-state index contributed by atoms with van der Waals surface area (Å²) in [5, 5.41) is 7.28. The highest BCUT2D eigenvalue weighted by Crippen LogP contribution is 2.36. The van der Waals surface area contributed by atoms with E-state index in [-0.39, 0.29) is 40.8 Å². The van der Waals surface area contributed by atoms with E-state index in [0.29, 0.717) is 21.2 Å². The molecule has 1 aromatic heterocycles. The number of para-hydroxylation sites is 2. The van der Waals surface area contributed by atoms with Crippen molar-refractivity contribution >= 4 is 44.6 Å². The van der Waals surface area contributed by atoms with Gasteiger partial charge in [-0.1, -0.05) is 42.5 Å². The molecule has 1 N–H and O–H groups in total. The van der Waals surface area contributed by atoms with Crippen molar-refractivity contribution in [2.24, 2.45) is 5.10 Å². The minimum atomic E-state index is -4.59. The molecule has 0 radical (unpaired) electrons. The van der Waals surface area contributed by atoms with Crippen LogP contribution in [0.1, 0.15) is 11.1 Å². The quantitative estimate of drug-likeness (QED) is 0.187. The van der Waals surface area contributed by atoms with Gasteiger partial charge in [0.05, 0.1) is 34.3 Å². The van der Waals surface area contributed by atoms with Gasteiger partial charge in [0, 0.05) is 11.3 Å². The largest absolute Gasteiger partial charge is 0.493 e. The molecule has 1 amide bonds. The SMILES string of the molecule is COc1cc(C=Nn2c(-c3cccc(C(F)(F)F)c3)nc3ccccc3c2=O)cc(Br)c1OCC(=O)Nc1ccccc1. The predicted octanol–water partition coefficient (Wildman–Crippen LogP) is 6.75. The lowest BCUT2D eigenvalue weighted by Gasteiger charge is -2.14. The van der Waals surface area contributed by atoms with Crippen LogP contribution in [0.5, 0.6) is 11.5 Å². The van der Waals surface area contributed by atoms with E-state index in [4.69, 9.17) is 9.47 Å². The normalized spacial score (nSPS) is 11.6. The topological polar surface area (TPSA) is 94.8 Å². The fourth-order valence-corrected chi connectivity index (χ4v) is 4.76. The molecule has 0 saturated heterocycles. The Morgan fingerprint density at radius 2 is 1.77 bits per heavy atom. The number of methoxy groups -OCH3 is 1. The van der Waals surface area contributed by atoms with Gasteiger partial charge in [-0.25, -0.2) is 4.98 Å². The van der Waals surface area contributed by atoms with E-state index in [0.717, 1.165) is 16.8 Å². The Morgan fingerprint density at radius 1 is 1.02 bits per heavy atom. The third kappa shape index (κ3) is 6.75. The number of carbonyl (C=O) groups is 1. The van der Waals surface area contributed by atoms with Crippen LogP contribution in [0.25, 0.3) is 22.3 Å². The van der Waals surface area contributed by atoms with Crippen molar-refractivity contribution in [1.82, 2.24) is 9.66 Å². The van der Waals surface area contributed by atoms with Crippen molar-refractivity contribution in [3.05, 3.63) is 117 Å². The number of carbonyl (C=O) groups excluding carboxylic acids is 1. The zero-order valence-electron chi connectivity index (χ0n) is 22.4. The van der Waals surface area contributed by atoms with Crippen molar-refractivity contribution in [3.8, 4) is 22.9 Å². The Kier molecular flexibility index (Phi) is 8.58. The summed E-state index contributed by atoms with van der Waals surface area (Å²) >= 11 is 3.42. The number of rotatable bonds is 8. The van der Waals surface area contributed by atoms with Crippen molar-refractivity contribution in [1.29, 1.82) is 0 Å². The minimum Gasteiger partial charge on any atom is -0.493 e. The molecule has 0 aliphatic rings. The lowest BCUT2D eigenvalue weighted by Crippen LogP contribution is -2.21. The second-order valence-electron chi connectivity index (χ2n) is 9.13. The third-order valence-electron chi connectivity index (χ3n) is 6.18. The van der Waals surface area contributed by atoms with E-state index >= 15 is 0 Å². The second kappa shape index (κ2) is 12.5. The average Bonchev–Trinajstić information content (AvgIpc) is 3.00. The molecule has 5 rings (SSSR count). The maximum Gasteiger partial charge on any atom is 0.416 e. The Bertz CT molecular complexity index is 1890. The van der Waals surface area contributed by atoms with Crippen LogP contribution in [0.3, 0.4) is 0 Å². The fraction of sp³-hybridized carbons (Fsp3) is 0.0968. The van der Waals surface area contributed by atoms with Gasteiger partial charge in [0.1, 0.15) is 0 Å². The number of amides is 1. The van der Waals surface area contributed by atoms with Crippen LogP contribution in [0.2, 0.25) is 0 Å². The summed E-state index contributed by atoms with van der Waals surface area (Å²) in [6.07, 6.45) is -3.25. The number of benzene rings is 4. The van der Waals surface area contributed by atoms with Crippen LogP contribution < -0.4 is 20.3 Å². The average molecular weight is 651 g/mol. The molecule has 4 aromatic carbocycles. The molecule has 0 saturated carbocycles. The van der Waals surface area contributed by atoms with Gasteiger partial charge < -0.3 is 14.8 Å². The molecular formula is C31H22BrF3N4O4. The maximum atomic E-state index is 13.5. The number of alkyl halides is 3. The van der Waals surface area contributed by atoms with Gasteiger partial charge in [-0.3, -0.25) is 9.59 Å². The lowest BCUT2D eigenvalue weighted by atomic mass is 10.1. The van der Waals surface area contributed by atoms with Crippen molar-refractivity contribution in [2.45, 2.75) is 6.18 Å². The Balaban J connectivity index is 1.48. The number of hydrogen-bond acceptors (Lipinski definition) is 6. The summed E-state index contributed by atoms with van der Waals surface area (Å²) in [7, 11) is 1.42. The molecule has 218 valence electrons. The van der Waals surface area contributed by atoms with Crippen LogP contribution >= 0.6 is 15.9 Å². The van der Waals surface area contributed by atoms with Crippen LogP contribution in [-0.4, -0.2) is 35.5 Å². The molecule has 0 spiro atoms. The minimum absolute atomic E-state index is 0.0612. The molecule has 0 unspecified atom stereocenters. The number of aromatic nitrogens is 2. The first-order valence-corrected chi connectivity index (χ1v) is 13.5. The van der Waals surface area contributed by atoms with Gasteiger partial charge in [0.25, 0.3) is 11.5 Å². The highest BCUT2D eigenvalue weighted by Gasteiger charge is 2.31. The van der Waals surface area contributed by atoms with Gasteiger partial charge in [-0.05, 0) is 70.0 Å². The Labute approximate surface area is 251 Å². The molecule has 0 aliphatic heterocycles. The smallest absolute Gasteiger partial charge is 0.416 e. The summed E-state index contributed by atoms with van der Waals surface area (Å²) in [6.45, 7) is -0.296. The standard InChI is InChI=1S/C31H22BrF3N4O4/c1-42-26-15-19(14-24(32)28(26)43-18-27(40)37-22-10-3-2-4-11-22)17-36-39-29(20-8-7-9-21(16-20)31(33,34)35)38-25-13-6-5-12-23(25)30(39)41/h2-17H,18H2,1H3,(H,37,40). The van der Waals surface area contributed by atoms with E-state index in [2.05, 4.69) is 31.3 Å². The van der Waals surface area contributed by atoms with Gasteiger partial charge in [0.2, 0.25) is 0 Å². The molecule has 43 heavy (non-hydrogen) atoms. The number of halogens is 4. The summed E-state index contributed by atoms with van der Waals surface area (Å²) in [5.74, 6) is 0.0834. The second-order valence-corrected chi connectivity index (χ2v) is 9.98. The molecule has 5 aromatic rings. The van der Waals surface area contributed by atoms with Crippen molar-refractivity contribution in [3.63, 3.8) is 0 Å². The first kappa shape index (κ1) is 29.5. The zero-order chi connectivity index (χ0) is 30.6.